The fourth-order valence-electron chi connectivity index (χ4n) is 1.65. The highest BCUT2D eigenvalue weighted by molar-refractivity contribution is 5.65. The smallest absolute Gasteiger partial charge is 0.373 e. The van der Waals surface area contributed by atoms with Crippen LogP contribution in [-0.2, 0) is 16.2 Å². The number of aliphatic hydroxyl groups excluding tert-OH is 1. The number of aliphatic hydroxyl groups is 1. The number of hydrogen-bond donors (Lipinski definition) is 1. The number of aryl methyl sites for hydroxylation is 1. The van der Waals surface area contributed by atoms with Gasteiger partial charge in [0.15, 0.2) is 0 Å². The predicted molar refractivity (Wildman–Crippen MR) is 67.5 cm³/mol. The second-order valence-electron chi connectivity index (χ2n) is 3.92. The van der Waals surface area contributed by atoms with Gasteiger partial charge in [-0.1, -0.05) is 35.9 Å². The lowest BCUT2D eigenvalue weighted by atomic mass is 10.0. The van der Waals surface area contributed by atoms with Crippen LogP contribution in [0.2, 0.25) is 0 Å². The molecule has 0 spiro atoms. The lowest BCUT2D eigenvalue weighted by Gasteiger charge is -2.05. The van der Waals surface area contributed by atoms with E-state index in [2.05, 4.69) is 0 Å². The molecule has 0 atom stereocenters. The fourth-order valence-corrected chi connectivity index (χ4v) is 1.65. The summed E-state index contributed by atoms with van der Waals surface area (Å²) in [6, 6.07) is 12.3. The van der Waals surface area contributed by atoms with Crippen LogP contribution >= 0.6 is 0 Å². The van der Waals surface area contributed by atoms with E-state index in [4.69, 9.17) is 14.7 Å². The molecule has 0 aliphatic carbocycles. The van der Waals surface area contributed by atoms with Gasteiger partial charge in [0.2, 0.25) is 0 Å². The summed E-state index contributed by atoms with van der Waals surface area (Å²) in [5, 5.41) is 8.92. The first kappa shape index (κ1) is 14.8. The van der Waals surface area contributed by atoms with Gasteiger partial charge in [-0.25, -0.2) is 4.39 Å². The highest BCUT2D eigenvalue weighted by atomic mass is 19.1. The van der Waals surface area contributed by atoms with Crippen molar-refractivity contribution in [1.82, 2.24) is 0 Å². The number of rotatable bonds is 2. The van der Waals surface area contributed by atoms with Crippen molar-refractivity contribution in [2.24, 2.45) is 0 Å². The molecule has 0 bridgehead atoms. The van der Waals surface area contributed by atoms with Crippen molar-refractivity contribution in [1.29, 1.82) is 0 Å². The van der Waals surface area contributed by atoms with Gasteiger partial charge in [-0.2, -0.15) is 9.59 Å². The maximum Gasteiger partial charge on any atom is 0.373 e. The average molecular weight is 260 g/mol. The molecule has 1 N–H and O–H groups in total. The third-order valence-electron chi connectivity index (χ3n) is 2.57. The summed E-state index contributed by atoms with van der Waals surface area (Å²) < 4.78 is 13.6. The molecule has 2 aromatic rings. The quantitative estimate of drug-likeness (QED) is 0.903. The van der Waals surface area contributed by atoms with Crippen LogP contribution in [0.4, 0.5) is 4.39 Å². The number of halogens is 1. The molecule has 2 rings (SSSR count). The first-order valence-corrected chi connectivity index (χ1v) is 5.58. The molecule has 0 aromatic heterocycles. The molecule has 19 heavy (non-hydrogen) atoms. The first-order valence-electron chi connectivity index (χ1n) is 5.58. The molecular weight excluding hydrogens is 247 g/mol. The molecular formula is C15H13FO3. The standard InChI is InChI=1S/C14H13FO.CO2/c1-10-2-7-14(15)13(8-10)12-5-3-11(9-16)4-6-12;2-1-3/h2-8,16H,9H2,1H3;. The van der Waals surface area contributed by atoms with Crippen molar-refractivity contribution < 1.29 is 19.1 Å². The third-order valence-corrected chi connectivity index (χ3v) is 2.57. The Morgan fingerprint density at radius 2 is 1.68 bits per heavy atom. The largest absolute Gasteiger partial charge is 0.392 e. The molecule has 98 valence electrons. The summed E-state index contributed by atoms with van der Waals surface area (Å²) in [7, 11) is 0. The molecule has 0 amide bonds. The highest BCUT2D eigenvalue weighted by Crippen LogP contribution is 2.24. The summed E-state index contributed by atoms with van der Waals surface area (Å²) in [5.41, 5.74) is 3.29. The van der Waals surface area contributed by atoms with Crippen LogP contribution in [0.5, 0.6) is 0 Å². The second-order valence-corrected chi connectivity index (χ2v) is 3.92. The van der Waals surface area contributed by atoms with E-state index in [9.17, 15) is 4.39 Å². The zero-order valence-electron chi connectivity index (χ0n) is 10.4. The Kier molecular flexibility index (Phi) is 5.61. The van der Waals surface area contributed by atoms with Crippen LogP contribution in [0.3, 0.4) is 0 Å². The Morgan fingerprint density at radius 3 is 2.21 bits per heavy atom. The highest BCUT2D eigenvalue weighted by Gasteiger charge is 2.04. The lowest BCUT2D eigenvalue weighted by Crippen LogP contribution is -1.87. The van der Waals surface area contributed by atoms with Crippen molar-refractivity contribution >= 4 is 6.15 Å². The molecule has 0 aliphatic heterocycles. The predicted octanol–water partition coefficient (Wildman–Crippen LogP) is 2.71. The van der Waals surface area contributed by atoms with E-state index < -0.39 is 0 Å². The molecule has 0 heterocycles. The van der Waals surface area contributed by atoms with Gasteiger partial charge in [0, 0.05) is 5.56 Å². The summed E-state index contributed by atoms with van der Waals surface area (Å²) >= 11 is 0. The van der Waals surface area contributed by atoms with Crippen molar-refractivity contribution in [3.05, 3.63) is 59.4 Å². The lowest BCUT2D eigenvalue weighted by molar-refractivity contribution is -0.191. The molecule has 4 heteroatoms. The fraction of sp³-hybridized carbons (Fsp3) is 0.133. The first-order chi connectivity index (χ1) is 9.12. The van der Waals surface area contributed by atoms with E-state index in [1.54, 1.807) is 18.2 Å². The number of benzene rings is 2. The topological polar surface area (TPSA) is 54.4 Å². The minimum absolute atomic E-state index is 0.0105. The van der Waals surface area contributed by atoms with Gasteiger partial charge in [0.05, 0.1) is 6.61 Å². The van der Waals surface area contributed by atoms with Crippen molar-refractivity contribution in [3.63, 3.8) is 0 Å². The third kappa shape index (κ3) is 4.14. The number of hydrogen-bond acceptors (Lipinski definition) is 3. The van der Waals surface area contributed by atoms with Crippen LogP contribution in [0.15, 0.2) is 42.5 Å². The van der Waals surface area contributed by atoms with Crippen LogP contribution < -0.4 is 0 Å². The molecule has 0 unspecified atom stereocenters. The SMILES string of the molecule is Cc1ccc(F)c(-c2ccc(CO)cc2)c1.O=C=O. The maximum atomic E-state index is 13.6. The van der Waals surface area contributed by atoms with Crippen LogP contribution in [0, 0.1) is 12.7 Å². The molecule has 0 fully saturated rings. The Hall–Kier alpha value is -2.29. The monoisotopic (exact) mass is 260 g/mol. The molecule has 0 saturated heterocycles. The molecule has 3 nitrogen and oxygen atoms in total. The van der Waals surface area contributed by atoms with E-state index in [1.165, 1.54) is 6.07 Å². The van der Waals surface area contributed by atoms with Crippen LogP contribution in [0.25, 0.3) is 11.1 Å². The summed E-state index contributed by atoms with van der Waals surface area (Å²) in [5.74, 6) is -0.220. The van der Waals surface area contributed by atoms with Crippen LogP contribution in [-0.4, -0.2) is 11.3 Å². The van der Waals surface area contributed by atoms with E-state index in [0.717, 1.165) is 16.7 Å². The zero-order chi connectivity index (χ0) is 14.3. The van der Waals surface area contributed by atoms with Gasteiger partial charge in [-0.3, -0.25) is 0 Å². The van der Waals surface area contributed by atoms with Gasteiger partial charge in [-0.05, 0) is 30.2 Å². The van der Waals surface area contributed by atoms with Crippen molar-refractivity contribution in [2.45, 2.75) is 13.5 Å². The van der Waals surface area contributed by atoms with E-state index in [1.807, 2.05) is 25.1 Å². The Labute approximate surface area is 110 Å². The Bertz CT molecular complexity index is 570. The molecule has 0 aliphatic rings. The number of carbonyl (C=O) groups excluding carboxylic acids is 2. The van der Waals surface area contributed by atoms with Gasteiger partial charge in [-0.15, -0.1) is 0 Å². The van der Waals surface area contributed by atoms with Crippen molar-refractivity contribution in [3.8, 4) is 11.1 Å². The maximum absolute atomic E-state index is 13.6. The molecule has 0 radical (unpaired) electrons. The Morgan fingerprint density at radius 1 is 1.11 bits per heavy atom. The van der Waals surface area contributed by atoms with Crippen molar-refractivity contribution in [2.75, 3.05) is 0 Å². The van der Waals surface area contributed by atoms with E-state index in [0.29, 0.717) is 5.56 Å². The van der Waals surface area contributed by atoms with Gasteiger partial charge >= 0.3 is 6.15 Å². The molecule has 2 aromatic carbocycles. The minimum Gasteiger partial charge on any atom is -0.392 e. The zero-order valence-corrected chi connectivity index (χ0v) is 10.4. The molecule has 0 saturated carbocycles. The summed E-state index contributed by atoms with van der Waals surface area (Å²) in [4.78, 5) is 16.2. The second kappa shape index (κ2) is 7.21. The normalized spacial score (nSPS) is 9.21. The van der Waals surface area contributed by atoms with E-state index in [-0.39, 0.29) is 18.6 Å². The average Bonchev–Trinajstić information content (AvgIpc) is 2.43. The minimum atomic E-state index is -0.220. The summed E-state index contributed by atoms with van der Waals surface area (Å²) in [6.45, 7) is 1.95. The van der Waals surface area contributed by atoms with E-state index >= 15 is 0 Å². The van der Waals surface area contributed by atoms with Gasteiger partial charge in [0.1, 0.15) is 5.82 Å². The van der Waals surface area contributed by atoms with Gasteiger partial charge < -0.3 is 5.11 Å². The summed E-state index contributed by atoms with van der Waals surface area (Å²) in [6.07, 6.45) is 0.250. The van der Waals surface area contributed by atoms with Gasteiger partial charge in [0.25, 0.3) is 0 Å². The van der Waals surface area contributed by atoms with Crippen LogP contribution in [0.1, 0.15) is 11.1 Å². The Balaban J connectivity index is 0.000000550.